The Morgan fingerprint density at radius 3 is 2.05 bits per heavy atom. The molecule has 106 valence electrons. The van der Waals surface area contributed by atoms with Crippen molar-refractivity contribution in [2.45, 2.75) is 46.5 Å². The maximum Gasteiger partial charge on any atom is 0.0442 e. The van der Waals surface area contributed by atoms with E-state index >= 15 is 0 Å². The second-order valence-corrected chi connectivity index (χ2v) is 5.04. The fourth-order valence-electron chi connectivity index (χ4n) is 1.58. The number of rotatable bonds is 9. The molecule has 3 nitrogen and oxygen atoms in total. The number of allylic oxidation sites excluding steroid dienone is 5. The van der Waals surface area contributed by atoms with E-state index in [2.05, 4.69) is 42.9 Å². The third kappa shape index (κ3) is 11.6. The summed E-state index contributed by atoms with van der Waals surface area (Å²) < 4.78 is 0. The zero-order chi connectivity index (χ0) is 14.5. The molecule has 0 aromatic rings. The highest BCUT2D eigenvalue weighted by Gasteiger charge is 1.92. The van der Waals surface area contributed by atoms with Crippen LogP contribution in [0.3, 0.4) is 0 Å². The second kappa shape index (κ2) is 11.9. The molecule has 19 heavy (non-hydrogen) atoms. The van der Waals surface area contributed by atoms with E-state index in [1.165, 1.54) is 16.7 Å². The molecule has 0 rings (SSSR count). The average molecular weight is 282 g/mol. The molecule has 0 aliphatic carbocycles. The fourth-order valence-corrected chi connectivity index (χ4v) is 1.69. The molecule has 0 heterocycles. The monoisotopic (exact) mass is 281 g/mol. The smallest absolute Gasteiger partial charge is 0.0442 e. The van der Waals surface area contributed by atoms with Gasteiger partial charge in [-0.3, -0.25) is 0 Å². The Morgan fingerprint density at radius 2 is 1.53 bits per heavy atom. The minimum Gasteiger partial charge on any atom is -0.122 e. The maximum atomic E-state index is 8.17. The van der Waals surface area contributed by atoms with Gasteiger partial charge in [-0.25, -0.2) is 0 Å². The van der Waals surface area contributed by atoms with Crippen molar-refractivity contribution in [3.05, 3.63) is 45.4 Å². The van der Waals surface area contributed by atoms with Gasteiger partial charge in [-0.1, -0.05) is 40.1 Å². The van der Waals surface area contributed by atoms with Crippen molar-refractivity contribution in [1.82, 2.24) is 0 Å². The van der Waals surface area contributed by atoms with E-state index in [9.17, 15) is 0 Å². The molecule has 0 saturated heterocycles. The lowest BCUT2D eigenvalue weighted by Gasteiger charge is -2.01. The minimum absolute atomic E-state index is 0.452. The Hall–Kier alpha value is -1.18. The quantitative estimate of drug-likeness (QED) is 0.165. The summed E-state index contributed by atoms with van der Waals surface area (Å²) in [5.74, 6) is 0.623. The van der Waals surface area contributed by atoms with Crippen molar-refractivity contribution in [2.24, 2.45) is 5.11 Å². The van der Waals surface area contributed by atoms with E-state index in [4.69, 9.17) is 17.1 Å². The first kappa shape index (κ1) is 17.8. The molecule has 0 aromatic carbocycles. The van der Waals surface area contributed by atoms with Crippen molar-refractivity contribution < 1.29 is 0 Å². The summed E-state index contributed by atoms with van der Waals surface area (Å²) in [6, 6.07) is 0. The van der Waals surface area contributed by atoms with E-state index in [-0.39, 0.29) is 0 Å². The third-order valence-corrected chi connectivity index (χ3v) is 3.28. The predicted octanol–water partition coefficient (Wildman–Crippen LogP) is 5.93. The zero-order valence-electron chi connectivity index (χ0n) is 12.2. The molecule has 0 saturated carbocycles. The SMILES string of the molecule is CC(=CCCC(C)=CCCC(C)=CCN=[N+]=[N-])CCl. The van der Waals surface area contributed by atoms with Crippen LogP contribution in [0.2, 0.25) is 0 Å². The number of hydrogen-bond acceptors (Lipinski definition) is 1. The van der Waals surface area contributed by atoms with Gasteiger partial charge < -0.3 is 0 Å². The Bertz CT molecular complexity index is 388. The van der Waals surface area contributed by atoms with Crippen LogP contribution >= 0.6 is 11.6 Å². The topological polar surface area (TPSA) is 48.8 Å². The van der Waals surface area contributed by atoms with Gasteiger partial charge in [0.25, 0.3) is 0 Å². The van der Waals surface area contributed by atoms with Gasteiger partial charge in [0, 0.05) is 17.3 Å². The van der Waals surface area contributed by atoms with Crippen LogP contribution in [0, 0.1) is 0 Å². The minimum atomic E-state index is 0.452. The molecule has 0 bridgehead atoms. The highest BCUT2D eigenvalue weighted by molar-refractivity contribution is 6.19. The standard InChI is InChI=1S/C15H24ClN3/c1-13(7-5-9-15(3)12-16)6-4-8-14(2)10-11-18-19-17/h6,9-10H,4-5,7-8,11-12H2,1-3H3. The third-order valence-electron chi connectivity index (χ3n) is 2.86. The molecule has 0 atom stereocenters. The van der Waals surface area contributed by atoms with Crippen LogP contribution in [-0.4, -0.2) is 12.4 Å². The first-order valence-electron chi connectivity index (χ1n) is 6.63. The maximum absolute atomic E-state index is 8.17. The number of nitrogens with zero attached hydrogens (tertiary/aromatic N) is 3. The van der Waals surface area contributed by atoms with E-state index in [0.29, 0.717) is 12.4 Å². The van der Waals surface area contributed by atoms with Crippen LogP contribution in [-0.2, 0) is 0 Å². The van der Waals surface area contributed by atoms with Crippen LogP contribution in [0.5, 0.6) is 0 Å². The Morgan fingerprint density at radius 1 is 1.00 bits per heavy atom. The normalized spacial score (nSPS) is 13.4. The Balaban J connectivity index is 3.92. The average Bonchev–Trinajstić information content (AvgIpc) is 2.38. The number of hydrogen-bond donors (Lipinski definition) is 0. The summed E-state index contributed by atoms with van der Waals surface area (Å²) in [5.41, 5.74) is 12.1. The van der Waals surface area contributed by atoms with Gasteiger partial charge in [-0.15, -0.1) is 11.6 Å². The lowest BCUT2D eigenvalue weighted by atomic mass is 10.1. The van der Waals surface area contributed by atoms with Crippen LogP contribution in [0.4, 0.5) is 0 Å². The molecule has 0 aliphatic heterocycles. The number of halogens is 1. The Kier molecular flexibility index (Phi) is 11.1. The molecule has 0 fully saturated rings. The fraction of sp³-hybridized carbons (Fsp3) is 0.600. The van der Waals surface area contributed by atoms with Crippen molar-refractivity contribution in [2.75, 3.05) is 12.4 Å². The molecular formula is C15H24ClN3. The van der Waals surface area contributed by atoms with Gasteiger partial charge in [-0.05, 0) is 52.0 Å². The van der Waals surface area contributed by atoms with Crippen LogP contribution in [0.1, 0.15) is 46.5 Å². The molecule has 0 unspecified atom stereocenters. The van der Waals surface area contributed by atoms with Crippen molar-refractivity contribution in [1.29, 1.82) is 0 Å². The first-order valence-corrected chi connectivity index (χ1v) is 7.17. The van der Waals surface area contributed by atoms with Crippen LogP contribution in [0.25, 0.3) is 10.4 Å². The molecule has 0 aromatic heterocycles. The van der Waals surface area contributed by atoms with Crippen LogP contribution in [0.15, 0.2) is 40.1 Å². The van der Waals surface area contributed by atoms with Gasteiger partial charge >= 0.3 is 0 Å². The molecule has 4 heteroatoms. The molecule has 0 aliphatic rings. The number of azide groups is 1. The summed E-state index contributed by atoms with van der Waals surface area (Å²) in [6.45, 7) is 6.75. The summed E-state index contributed by atoms with van der Waals surface area (Å²) >= 11 is 5.72. The summed E-state index contributed by atoms with van der Waals surface area (Å²) in [5, 5.41) is 3.49. The lowest BCUT2D eigenvalue weighted by molar-refractivity contribution is 0.914. The zero-order valence-corrected chi connectivity index (χ0v) is 13.0. The predicted molar refractivity (Wildman–Crippen MR) is 84.5 cm³/mol. The van der Waals surface area contributed by atoms with Gasteiger partial charge in [0.05, 0.1) is 0 Å². The summed E-state index contributed by atoms with van der Waals surface area (Å²) in [6.07, 6.45) is 10.7. The highest BCUT2D eigenvalue weighted by Crippen LogP contribution is 2.11. The molecule has 0 N–H and O–H groups in total. The summed E-state index contributed by atoms with van der Waals surface area (Å²) in [4.78, 5) is 2.72. The van der Waals surface area contributed by atoms with Crippen molar-refractivity contribution in [3.8, 4) is 0 Å². The second-order valence-electron chi connectivity index (χ2n) is 4.78. The van der Waals surface area contributed by atoms with Crippen molar-refractivity contribution in [3.63, 3.8) is 0 Å². The number of alkyl halides is 1. The highest BCUT2D eigenvalue weighted by atomic mass is 35.5. The largest absolute Gasteiger partial charge is 0.122 e. The molecular weight excluding hydrogens is 258 g/mol. The summed E-state index contributed by atoms with van der Waals surface area (Å²) in [7, 11) is 0. The molecule has 0 spiro atoms. The van der Waals surface area contributed by atoms with Crippen molar-refractivity contribution >= 4 is 11.6 Å². The van der Waals surface area contributed by atoms with Gasteiger partial charge in [-0.2, -0.15) is 0 Å². The lowest BCUT2D eigenvalue weighted by Crippen LogP contribution is -1.82. The van der Waals surface area contributed by atoms with E-state index in [1.54, 1.807) is 0 Å². The van der Waals surface area contributed by atoms with E-state index in [1.807, 2.05) is 6.08 Å². The Labute approximate surface area is 121 Å². The first-order chi connectivity index (χ1) is 9.10. The van der Waals surface area contributed by atoms with Gasteiger partial charge in [0.2, 0.25) is 0 Å². The van der Waals surface area contributed by atoms with Gasteiger partial charge in [0.15, 0.2) is 0 Å². The van der Waals surface area contributed by atoms with E-state index in [0.717, 1.165) is 25.7 Å². The molecule has 0 radical (unpaired) electrons. The van der Waals surface area contributed by atoms with Crippen LogP contribution < -0.4 is 0 Å². The van der Waals surface area contributed by atoms with E-state index < -0.39 is 0 Å². The molecule has 0 amide bonds. The van der Waals surface area contributed by atoms with Gasteiger partial charge in [0.1, 0.15) is 0 Å².